The minimum absolute atomic E-state index is 0.202. The highest BCUT2D eigenvalue weighted by Gasteiger charge is 2.14. The molecule has 0 aliphatic rings. The summed E-state index contributed by atoms with van der Waals surface area (Å²) in [7, 11) is 1.26. The fraction of sp³-hybridized carbons (Fsp3) is 0.0667. The van der Waals surface area contributed by atoms with Crippen molar-refractivity contribution in [2.24, 2.45) is 0 Å². The zero-order valence-corrected chi connectivity index (χ0v) is 13.0. The van der Waals surface area contributed by atoms with Crippen molar-refractivity contribution < 1.29 is 14.3 Å². The Balaban J connectivity index is 2.17. The first kappa shape index (κ1) is 16.1. The normalized spacial score (nSPS) is 9.95. The highest BCUT2D eigenvalue weighted by atomic mass is 35.5. The van der Waals surface area contributed by atoms with Gasteiger partial charge in [0.1, 0.15) is 0 Å². The Hall–Kier alpha value is -2.24. The molecule has 0 aromatic heterocycles. The second kappa shape index (κ2) is 7.15. The van der Waals surface area contributed by atoms with Crippen LogP contribution in [0.15, 0.2) is 42.5 Å². The molecule has 7 heteroatoms. The van der Waals surface area contributed by atoms with E-state index in [1.807, 2.05) is 0 Å². The maximum atomic E-state index is 12.0. The number of rotatable bonds is 3. The number of ether oxygens (including phenoxy) is 1. The Morgan fingerprint density at radius 2 is 1.73 bits per heavy atom. The van der Waals surface area contributed by atoms with Gasteiger partial charge < -0.3 is 15.4 Å². The zero-order valence-electron chi connectivity index (χ0n) is 11.5. The first-order chi connectivity index (χ1) is 10.5. The minimum atomic E-state index is -0.574. The van der Waals surface area contributed by atoms with Crippen LogP contribution in [0.2, 0.25) is 10.0 Å². The van der Waals surface area contributed by atoms with E-state index in [0.29, 0.717) is 15.7 Å². The third-order valence-corrected chi connectivity index (χ3v) is 3.19. The lowest BCUT2D eigenvalue weighted by Crippen LogP contribution is -2.21. The Kier molecular flexibility index (Phi) is 5.25. The van der Waals surface area contributed by atoms with Crippen molar-refractivity contribution in [2.75, 3.05) is 17.7 Å². The summed E-state index contributed by atoms with van der Waals surface area (Å²) in [6.07, 6.45) is 0. The molecule has 0 fully saturated rings. The Morgan fingerprint density at radius 1 is 1.00 bits per heavy atom. The van der Waals surface area contributed by atoms with Crippen LogP contribution in [0.25, 0.3) is 0 Å². The average Bonchev–Trinajstić information content (AvgIpc) is 2.46. The molecule has 0 aliphatic carbocycles. The predicted molar refractivity (Wildman–Crippen MR) is 86.9 cm³/mol. The number of anilines is 2. The van der Waals surface area contributed by atoms with Gasteiger partial charge in [-0.15, -0.1) is 0 Å². The largest absolute Gasteiger partial charge is 0.465 e. The highest BCUT2D eigenvalue weighted by Crippen LogP contribution is 2.22. The molecule has 0 heterocycles. The molecule has 2 aromatic rings. The number of hydrogen-bond donors (Lipinski definition) is 2. The molecule has 0 atom stereocenters. The fourth-order valence-corrected chi connectivity index (χ4v) is 2.12. The number of benzene rings is 2. The van der Waals surface area contributed by atoms with Gasteiger partial charge in [0.2, 0.25) is 0 Å². The molecule has 0 radical (unpaired) electrons. The van der Waals surface area contributed by atoms with E-state index < -0.39 is 12.0 Å². The molecule has 22 heavy (non-hydrogen) atoms. The van der Waals surface area contributed by atoms with Crippen LogP contribution in [0, 0.1) is 0 Å². The molecule has 2 aromatic carbocycles. The van der Waals surface area contributed by atoms with Crippen LogP contribution in [0.5, 0.6) is 0 Å². The number of urea groups is 1. The molecule has 0 aliphatic heterocycles. The van der Waals surface area contributed by atoms with Gasteiger partial charge in [-0.2, -0.15) is 0 Å². The van der Waals surface area contributed by atoms with Gasteiger partial charge in [-0.1, -0.05) is 29.3 Å². The maximum Gasteiger partial charge on any atom is 0.339 e. The number of carbonyl (C=O) groups excluding carboxylic acids is 2. The Bertz CT molecular complexity index is 720. The fourth-order valence-electron chi connectivity index (χ4n) is 1.76. The molecule has 114 valence electrons. The van der Waals surface area contributed by atoms with Crippen LogP contribution in [-0.4, -0.2) is 19.1 Å². The summed E-state index contributed by atoms with van der Waals surface area (Å²) < 4.78 is 4.66. The summed E-state index contributed by atoms with van der Waals surface area (Å²) in [4.78, 5) is 23.7. The van der Waals surface area contributed by atoms with Gasteiger partial charge in [-0.25, -0.2) is 9.59 Å². The summed E-state index contributed by atoms with van der Waals surface area (Å²) in [5.41, 5.74) is 0.971. The van der Waals surface area contributed by atoms with Crippen LogP contribution in [0.3, 0.4) is 0 Å². The van der Waals surface area contributed by atoms with Crippen molar-refractivity contribution >= 4 is 46.6 Å². The molecule has 5 nitrogen and oxygen atoms in total. The molecular formula is C15H12Cl2N2O3. The number of methoxy groups -OCH3 is 1. The molecule has 0 saturated carbocycles. The van der Waals surface area contributed by atoms with Crippen molar-refractivity contribution in [2.45, 2.75) is 0 Å². The van der Waals surface area contributed by atoms with Gasteiger partial charge in [0, 0.05) is 15.7 Å². The second-order valence-electron chi connectivity index (χ2n) is 4.27. The van der Waals surface area contributed by atoms with Crippen LogP contribution < -0.4 is 10.6 Å². The Morgan fingerprint density at radius 3 is 2.41 bits per heavy atom. The second-order valence-corrected chi connectivity index (χ2v) is 5.14. The molecule has 0 unspecified atom stereocenters. The van der Waals surface area contributed by atoms with Crippen molar-refractivity contribution in [3.8, 4) is 0 Å². The van der Waals surface area contributed by atoms with Gasteiger partial charge in [-0.05, 0) is 36.4 Å². The molecule has 0 saturated heterocycles. The quantitative estimate of drug-likeness (QED) is 0.813. The van der Waals surface area contributed by atoms with Crippen molar-refractivity contribution in [3.63, 3.8) is 0 Å². The van der Waals surface area contributed by atoms with Crippen LogP contribution >= 0.6 is 23.2 Å². The summed E-state index contributed by atoms with van der Waals surface area (Å²) in [6, 6.07) is 10.6. The van der Waals surface area contributed by atoms with Gasteiger partial charge in [-0.3, -0.25) is 0 Å². The van der Waals surface area contributed by atoms with Crippen LogP contribution in [0.1, 0.15) is 10.4 Å². The summed E-state index contributed by atoms with van der Waals surface area (Å²) in [5.74, 6) is -0.574. The molecule has 2 rings (SSSR count). The lowest BCUT2D eigenvalue weighted by Gasteiger charge is -2.11. The van der Waals surface area contributed by atoms with Gasteiger partial charge in [0.05, 0.1) is 18.4 Å². The van der Waals surface area contributed by atoms with E-state index in [9.17, 15) is 9.59 Å². The lowest BCUT2D eigenvalue weighted by molar-refractivity contribution is 0.0602. The van der Waals surface area contributed by atoms with Crippen molar-refractivity contribution in [1.82, 2.24) is 0 Å². The molecule has 0 bridgehead atoms. The van der Waals surface area contributed by atoms with E-state index in [1.165, 1.54) is 25.3 Å². The summed E-state index contributed by atoms with van der Waals surface area (Å²) in [5, 5.41) is 6.04. The number of halogens is 2. The van der Waals surface area contributed by atoms with Gasteiger partial charge >= 0.3 is 12.0 Å². The predicted octanol–water partition coefficient (Wildman–Crippen LogP) is 4.42. The maximum absolute atomic E-state index is 12.0. The topological polar surface area (TPSA) is 67.4 Å². The molecule has 2 N–H and O–H groups in total. The first-order valence-corrected chi connectivity index (χ1v) is 6.96. The zero-order chi connectivity index (χ0) is 16.1. The third-order valence-electron chi connectivity index (χ3n) is 2.72. The number of esters is 1. The minimum Gasteiger partial charge on any atom is -0.465 e. The third kappa shape index (κ3) is 4.13. The molecule has 2 amide bonds. The van der Waals surface area contributed by atoms with E-state index in [0.717, 1.165) is 0 Å². The number of amides is 2. The standard InChI is InChI=1S/C15H12Cl2N2O3/c1-22-14(20)12-6-5-10(17)8-13(12)19-15(21)18-11-4-2-3-9(16)7-11/h2-8H,1H3,(H2,18,19,21). The molecule has 0 spiro atoms. The average molecular weight is 339 g/mol. The van der Waals surface area contributed by atoms with Crippen LogP contribution in [-0.2, 0) is 4.74 Å². The number of hydrogen-bond acceptors (Lipinski definition) is 3. The molecular weight excluding hydrogens is 327 g/mol. The number of nitrogens with one attached hydrogen (secondary N) is 2. The SMILES string of the molecule is COC(=O)c1ccc(Cl)cc1NC(=O)Nc1cccc(Cl)c1. The first-order valence-electron chi connectivity index (χ1n) is 6.21. The van der Waals surface area contributed by atoms with Crippen molar-refractivity contribution in [3.05, 3.63) is 58.1 Å². The highest BCUT2D eigenvalue weighted by molar-refractivity contribution is 6.31. The number of carbonyl (C=O) groups is 2. The van der Waals surface area contributed by atoms with E-state index in [2.05, 4.69) is 15.4 Å². The van der Waals surface area contributed by atoms with E-state index in [-0.39, 0.29) is 11.3 Å². The lowest BCUT2D eigenvalue weighted by atomic mass is 10.2. The van der Waals surface area contributed by atoms with E-state index in [1.54, 1.807) is 24.3 Å². The summed E-state index contributed by atoms with van der Waals surface area (Å²) >= 11 is 11.7. The van der Waals surface area contributed by atoms with Gasteiger partial charge in [0.25, 0.3) is 0 Å². The van der Waals surface area contributed by atoms with E-state index >= 15 is 0 Å². The van der Waals surface area contributed by atoms with E-state index in [4.69, 9.17) is 23.2 Å². The smallest absolute Gasteiger partial charge is 0.339 e. The summed E-state index contributed by atoms with van der Waals surface area (Å²) in [6.45, 7) is 0. The van der Waals surface area contributed by atoms with Crippen molar-refractivity contribution in [1.29, 1.82) is 0 Å². The van der Waals surface area contributed by atoms with Crippen LogP contribution in [0.4, 0.5) is 16.2 Å². The Labute approximate surface area is 137 Å². The van der Waals surface area contributed by atoms with Gasteiger partial charge in [0.15, 0.2) is 0 Å². The monoisotopic (exact) mass is 338 g/mol.